The molecule has 0 amide bonds. The highest BCUT2D eigenvalue weighted by atomic mass is 16.5. The minimum atomic E-state index is 0.0322. The molecule has 0 bridgehead atoms. The summed E-state index contributed by atoms with van der Waals surface area (Å²) in [5, 5.41) is 8.80. The Morgan fingerprint density at radius 3 is 2.50 bits per heavy atom. The van der Waals surface area contributed by atoms with E-state index >= 15 is 0 Å². The van der Waals surface area contributed by atoms with E-state index in [1.807, 2.05) is 12.1 Å². The number of fused-ring (bicyclic) bond motifs is 1. The van der Waals surface area contributed by atoms with E-state index in [4.69, 9.17) is 14.7 Å². The summed E-state index contributed by atoms with van der Waals surface area (Å²) in [6, 6.07) is 6.09. The fraction of sp³-hybridized carbons (Fsp3) is 0.364. The lowest BCUT2D eigenvalue weighted by molar-refractivity contribution is 0.353. The van der Waals surface area contributed by atoms with E-state index in [-0.39, 0.29) is 5.92 Å². The van der Waals surface area contributed by atoms with Gasteiger partial charge in [-0.3, -0.25) is 0 Å². The van der Waals surface area contributed by atoms with Gasteiger partial charge in [0.05, 0.1) is 26.2 Å². The molecule has 1 atom stereocenters. The van der Waals surface area contributed by atoms with Gasteiger partial charge in [-0.25, -0.2) is 0 Å². The van der Waals surface area contributed by atoms with Crippen LogP contribution in [-0.4, -0.2) is 14.2 Å². The topological polar surface area (TPSA) is 42.2 Å². The molecule has 0 radical (unpaired) electrons. The first kappa shape index (κ1) is 8.89. The largest absolute Gasteiger partial charge is 0.493 e. The van der Waals surface area contributed by atoms with Crippen LogP contribution in [0.5, 0.6) is 11.5 Å². The molecule has 0 aliphatic heterocycles. The molecule has 0 heterocycles. The molecule has 0 saturated carbocycles. The number of ether oxygens (including phenoxy) is 2. The van der Waals surface area contributed by atoms with E-state index in [1.54, 1.807) is 14.2 Å². The molecular formula is C11H11NO2. The Bertz CT molecular complexity index is 406. The summed E-state index contributed by atoms with van der Waals surface area (Å²) < 4.78 is 10.3. The van der Waals surface area contributed by atoms with Crippen molar-refractivity contribution >= 4 is 0 Å². The second-order valence-electron chi connectivity index (χ2n) is 3.29. The first-order valence-corrected chi connectivity index (χ1v) is 4.44. The minimum Gasteiger partial charge on any atom is -0.493 e. The lowest BCUT2D eigenvalue weighted by Crippen LogP contribution is -2.15. The molecule has 0 N–H and O–H groups in total. The number of methoxy groups -OCH3 is 2. The fourth-order valence-electron chi connectivity index (χ4n) is 1.75. The van der Waals surface area contributed by atoms with Crippen LogP contribution in [0.2, 0.25) is 0 Å². The first-order chi connectivity index (χ1) is 6.80. The molecule has 1 aromatic rings. The van der Waals surface area contributed by atoms with Crippen LogP contribution in [0, 0.1) is 11.3 Å². The summed E-state index contributed by atoms with van der Waals surface area (Å²) in [4.78, 5) is 0. The third kappa shape index (κ3) is 1.12. The Labute approximate surface area is 82.9 Å². The van der Waals surface area contributed by atoms with E-state index in [2.05, 4.69) is 6.07 Å². The summed E-state index contributed by atoms with van der Waals surface area (Å²) in [7, 11) is 3.22. The first-order valence-electron chi connectivity index (χ1n) is 4.44. The molecule has 1 aliphatic carbocycles. The number of nitrogens with zero attached hydrogens (tertiary/aromatic N) is 1. The third-order valence-electron chi connectivity index (χ3n) is 2.60. The Morgan fingerprint density at radius 1 is 1.29 bits per heavy atom. The standard InChI is InChI=1S/C11H11NO2/c1-13-10-4-7-3-8(6-12)9(7)5-11(10)14-2/h4-5,8H,3H2,1-2H3/t8-/m1/s1. The monoisotopic (exact) mass is 189 g/mol. The third-order valence-corrected chi connectivity index (χ3v) is 2.60. The Balaban J connectivity index is 2.44. The molecule has 0 saturated heterocycles. The molecule has 0 fully saturated rings. The van der Waals surface area contributed by atoms with Gasteiger partial charge < -0.3 is 9.47 Å². The number of rotatable bonds is 2. The molecule has 0 spiro atoms. The van der Waals surface area contributed by atoms with Gasteiger partial charge in [-0.05, 0) is 29.7 Å². The van der Waals surface area contributed by atoms with Crippen LogP contribution in [0.25, 0.3) is 0 Å². The van der Waals surface area contributed by atoms with Crippen molar-refractivity contribution in [2.45, 2.75) is 12.3 Å². The van der Waals surface area contributed by atoms with Crippen LogP contribution in [0.3, 0.4) is 0 Å². The van der Waals surface area contributed by atoms with Crippen LogP contribution >= 0.6 is 0 Å². The van der Waals surface area contributed by atoms with Crippen molar-refractivity contribution in [3.05, 3.63) is 23.3 Å². The van der Waals surface area contributed by atoms with E-state index < -0.39 is 0 Å². The summed E-state index contributed by atoms with van der Waals surface area (Å²) in [5.41, 5.74) is 2.26. The van der Waals surface area contributed by atoms with Crippen LogP contribution in [0.15, 0.2) is 12.1 Å². The normalized spacial score (nSPS) is 17.6. The van der Waals surface area contributed by atoms with E-state index in [9.17, 15) is 0 Å². The van der Waals surface area contributed by atoms with E-state index in [0.717, 1.165) is 17.7 Å². The SMILES string of the molecule is COc1cc2c(cc1OC)[C@@H](C#N)C2. The van der Waals surface area contributed by atoms with Gasteiger partial charge in [-0.15, -0.1) is 0 Å². The fourth-order valence-corrected chi connectivity index (χ4v) is 1.75. The highest BCUT2D eigenvalue weighted by Gasteiger charge is 2.28. The van der Waals surface area contributed by atoms with Crippen molar-refractivity contribution in [1.82, 2.24) is 0 Å². The molecule has 2 rings (SSSR count). The number of hydrogen-bond acceptors (Lipinski definition) is 3. The van der Waals surface area contributed by atoms with Crippen molar-refractivity contribution in [3.63, 3.8) is 0 Å². The molecule has 3 nitrogen and oxygen atoms in total. The lowest BCUT2D eigenvalue weighted by atomic mass is 9.78. The van der Waals surface area contributed by atoms with Gasteiger partial charge >= 0.3 is 0 Å². The van der Waals surface area contributed by atoms with Gasteiger partial charge in [0.1, 0.15) is 0 Å². The minimum absolute atomic E-state index is 0.0322. The van der Waals surface area contributed by atoms with Gasteiger partial charge in [-0.1, -0.05) is 0 Å². The number of nitriles is 1. The zero-order chi connectivity index (χ0) is 10.1. The number of benzene rings is 1. The van der Waals surface area contributed by atoms with Crippen molar-refractivity contribution in [1.29, 1.82) is 5.26 Å². The van der Waals surface area contributed by atoms with Gasteiger partial charge in [0.25, 0.3) is 0 Å². The van der Waals surface area contributed by atoms with Crippen LogP contribution < -0.4 is 9.47 Å². The Kier molecular flexibility index (Phi) is 2.05. The molecule has 72 valence electrons. The maximum atomic E-state index is 8.80. The maximum Gasteiger partial charge on any atom is 0.161 e. The van der Waals surface area contributed by atoms with Gasteiger partial charge in [0.2, 0.25) is 0 Å². The van der Waals surface area contributed by atoms with Crippen molar-refractivity contribution in [2.75, 3.05) is 14.2 Å². The second-order valence-corrected chi connectivity index (χ2v) is 3.29. The van der Waals surface area contributed by atoms with Crippen LogP contribution in [-0.2, 0) is 6.42 Å². The van der Waals surface area contributed by atoms with Gasteiger partial charge in [-0.2, -0.15) is 5.26 Å². The van der Waals surface area contributed by atoms with Gasteiger partial charge in [0, 0.05) is 0 Å². The van der Waals surface area contributed by atoms with Crippen molar-refractivity contribution in [3.8, 4) is 17.6 Å². The Hall–Kier alpha value is -1.69. The van der Waals surface area contributed by atoms with E-state index in [0.29, 0.717) is 5.75 Å². The molecule has 3 heteroatoms. The highest BCUT2D eigenvalue weighted by Crippen LogP contribution is 2.41. The van der Waals surface area contributed by atoms with Crippen LogP contribution in [0.1, 0.15) is 17.0 Å². The predicted octanol–water partition coefficient (Wildman–Crippen LogP) is 1.87. The van der Waals surface area contributed by atoms with Crippen molar-refractivity contribution in [2.24, 2.45) is 0 Å². The molecule has 0 aromatic heterocycles. The highest BCUT2D eigenvalue weighted by molar-refractivity contribution is 5.54. The predicted molar refractivity (Wildman–Crippen MR) is 51.6 cm³/mol. The smallest absolute Gasteiger partial charge is 0.161 e. The molecule has 14 heavy (non-hydrogen) atoms. The van der Waals surface area contributed by atoms with Gasteiger partial charge in [0.15, 0.2) is 11.5 Å². The quantitative estimate of drug-likeness (QED) is 0.713. The lowest BCUT2D eigenvalue weighted by Gasteiger charge is -2.26. The molecule has 1 aromatic carbocycles. The molecule has 1 aliphatic rings. The zero-order valence-electron chi connectivity index (χ0n) is 8.20. The summed E-state index contributed by atoms with van der Waals surface area (Å²) in [6.45, 7) is 0. The van der Waals surface area contributed by atoms with Crippen LogP contribution in [0.4, 0.5) is 0 Å². The average Bonchev–Trinajstić information content (AvgIpc) is 2.20. The zero-order valence-corrected chi connectivity index (χ0v) is 8.20. The summed E-state index contributed by atoms with van der Waals surface area (Å²) in [6.07, 6.45) is 0.826. The number of hydrogen-bond donors (Lipinski definition) is 0. The average molecular weight is 189 g/mol. The van der Waals surface area contributed by atoms with Crippen molar-refractivity contribution < 1.29 is 9.47 Å². The second kappa shape index (κ2) is 3.22. The summed E-state index contributed by atoms with van der Waals surface area (Å²) >= 11 is 0. The summed E-state index contributed by atoms with van der Waals surface area (Å²) in [5.74, 6) is 1.47. The van der Waals surface area contributed by atoms with E-state index in [1.165, 1.54) is 5.56 Å². The Morgan fingerprint density at radius 2 is 1.93 bits per heavy atom. The maximum absolute atomic E-state index is 8.80. The molecular weight excluding hydrogens is 178 g/mol. The molecule has 0 unspecified atom stereocenters.